The zero-order valence-electron chi connectivity index (χ0n) is 16.0. The summed E-state index contributed by atoms with van der Waals surface area (Å²) in [5, 5.41) is 12.4. The van der Waals surface area contributed by atoms with Crippen LogP contribution >= 0.6 is 0 Å². The molecule has 5 nitrogen and oxygen atoms in total. The van der Waals surface area contributed by atoms with Crippen LogP contribution in [-0.2, 0) is 11.2 Å². The van der Waals surface area contributed by atoms with Gasteiger partial charge < -0.3 is 10.2 Å². The zero-order chi connectivity index (χ0) is 20.4. The Labute approximate surface area is 169 Å². The van der Waals surface area contributed by atoms with E-state index >= 15 is 0 Å². The third kappa shape index (κ3) is 3.48. The molecule has 1 N–H and O–H groups in total. The van der Waals surface area contributed by atoms with E-state index in [2.05, 4.69) is 11.4 Å². The van der Waals surface area contributed by atoms with Crippen LogP contribution in [0, 0.1) is 11.3 Å². The maximum atomic E-state index is 13.0. The van der Waals surface area contributed by atoms with Gasteiger partial charge in [-0.3, -0.25) is 9.59 Å². The molecule has 0 saturated carbocycles. The number of benzene rings is 3. The quantitative estimate of drug-likeness (QED) is 0.731. The van der Waals surface area contributed by atoms with Gasteiger partial charge in [0, 0.05) is 36.0 Å². The molecular weight excluding hydrogens is 362 g/mol. The molecule has 4 rings (SSSR count). The van der Waals surface area contributed by atoms with Crippen molar-refractivity contribution in [2.45, 2.75) is 13.3 Å². The lowest BCUT2D eigenvalue weighted by Crippen LogP contribution is -2.25. The SMILES string of the molecule is CC(=O)N1CCc2cc(NC(=O)c3ccccc3-c3ccccc3C#N)ccc21. The molecule has 29 heavy (non-hydrogen) atoms. The number of nitrogens with one attached hydrogen (secondary N) is 1. The molecule has 1 heterocycles. The average Bonchev–Trinajstić information content (AvgIpc) is 3.17. The first-order chi connectivity index (χ1) is 14.1. The number of carbonyl (C=O) groups is 2. The van der Waals surface area contributed by atoms with Crippen molar-refractivity contribution in [3.63, 3.8) is 0 Å². The van der Waals surface area contributed by atoms with E-state index in [1.165, 1.54) is 0 Å². The first-order valence-electron chi connectivity index (χ1n) is 9.39. The Kier molecular flexibility index (Phi) is 4.84. The number of anilines is 2. The van der Waals surface area contributed by atoms with Gasteiger partial charge in [0.2, 0.25) is 5.91 Å². The summed E-state index contributed by atoms with van der Waals surface area (Å²) in [5.41, 5.74) is 5.09. The topological polar surface area (TPSA) is 73.2 Å². The Morgan fingerprint density at radius 1 is 1.00 bits per heavy atom. The van der Waals surface area contributed by atoms with Gasteiger partial charge in [0.1, 0.15) is 0 Å². The molecule has 0 bridgehead atoms. The number of hydrogen-bond acceptors (Lipinski definition) is 3. The van der Waals surface area contributed by atoms with Gasteiger partial charge in [0.25, 0.3) is 5.91 Å². The van der Waals surface area contributed by atoms with Crippen molar-refractivity contribution in [2.75, 3.05) is 16.8 Å². The minimum absolute atomic E-state index is 0.0191. The maximum Gasteiger partial charge on any atom is 0.256 e. The number of nitrogens with zero attached hydrogens (tertiary/aromatic N) is 2. The molecule has 142 valence electrons. The van der Waals surface area contributed by atoms with Gasteiger partial charge in [-0.1, -0.05) is 36.4 Å². The van der Waals surface area contributed by atoms with Gasteiger partial charge in [-0.2, -0.15) is 5.26 Å². The lowest BCUT2D eigenvalue weighted by atomic mass is 9.95. The normalized spacial score (nSPS) is 12.2. The molecule has 0 aliphatic carbocycles. The molecule has 0 fully saturated rings. The summed E-state index contributed by atoms with van der Waals surface area (Å²) >= 11 is 0. The summed E-state index contributed by atoms with van der Waals surface area (Å²) in [7, 11) is 0. The van der Waals surface area contributed by atoms with Gasteiger partial charge in [0.15, 0.2) is 0 Å². The van der Waals surface area contributed by atoms with E-state index < -0.39 is 0 Å². The second-order valence-electron chi connectivity index (χ2n) is 6.92. The molecule has 1 aliphatic heterocycles. The monoisotopic (exact) mass is 381 g/mol. The van der Waals surface area contributed by atoms with E-state index in [1.807, 2.05) is 42.5 Å². The highest BCUT2D eigenvalue weighted by molar-refractivity contribution is 6.09. The van der Waals surface area contributed by atoms with Crippen LogP contribution in [0.25, 0.3) is 11.1 Å². The second-order valence-corrected chi connectivity index (χ2v) is 6.92. The molecule has 0 aromatic heterocycles. The van der Waals surface area contributed by atoms with Crippen molar-refractivity contribution in [2.24, 2.45) is 0 Å². The van der Waals surface area contributed by atoms with Crippen LogP contribution in [0.3, 0.4) is 0 Å². The smallest absolute Gasteiger partial charge is 0.256 e. The van der Waals surface area contributed by atoms with Crippen molar-refractivity contribution < 1.29 is 9.59 Å². The van der Waals surface area contributed by atoms with E-state index in [0.29, 0.717) is 28.9 Å². The van der Waals surface area contributed by atoms with E-state index in [4.69, 9.17) is 0 Å². The molecular formula is C24H19N3O2. The predicted molar refractivity (Wildman–Crippen MR) is 113 cm³/mol. The number of nitriles is 1. The third-order valence-electron chi connectivity index (χ3n) is 5.12. The maximum absolute atomic E-state index is 13.0. The van der Waals surface area contributed by atoms with E-state index in [1.54, 1.807) is 36.1 Å². The van der Waals surface area contributed by atoms with Gasteiger partial charge >= 0.3 is 0 Å². The van der Waals surface area contributed by atoms with Gasteiger partial charge in [-0.05, 0) is 47.9 Å². The van der Waals surface area contributed by atoms with Crippen molar-refractivity contribution in [3.8, 4) is 17.2 Å². The van der Waals surface area contributed by atoms with E-state index in [9.17, 15) is 14.9 Å². The third-order valence-corrected chi connectivity index (χ3v) is 5.12. The second kappa shape index (κ2) is 7.61. The highest BCUT2D eigenvalue weighted by Gasteiger charge is 2.22. The average molecular weight is 381 g/mol. The number of fused-ring (bicyclic) bond motifs is 1. The van der Waals surface area contributed by atoms with Crippen LogP contribution in [0.2, 0.25) is 0 Å². The Morgan fingerprint density at radius 2 is 1.72 bits per heavy atom. The Bertz CT molecular complexity index is 1160. The molecule has 3 aromatic carbocycles. The standard InChI is InChI=1S/C24H19N3O2/c1-16(28)27-13-12-17-14-19(10-11-23(17)27)26-24(29)22-9-5-4-8-21(22)20-7-3-2-6-18(20)15-25/h2-11,14H,12-13H2,1H3,(H,26,29). The van der Waals surface area contributed by atoms with Crippen molar-refractivity contribution in [3.05, 3.63) is 83.4 Å². The molecule has 0 atom stereocenters. The summed E-state index contributed by atoms with van der Waals surface area (Å²) in [6, 6.07) is 22.3. The van der Waals surface area contributed by atoms with Gasteiger partial charge in [-0.25, -0.2) is 0 Å². The molecule has 0 radical (unpaired) electrons. The van der Waals surface area contributed by atoms with Crippen LogP contribution in [0.1, 0.15) is 28.4 Å². The van der Waals surface area contributed by atoms with Crippen LogP contribution in [0.4, 0.5) is 11.4 Å². The predicted octanol–water partition coefficient (Wildman–Crippen LogP) is 4.39. The summed E-state index contributed by atoms with van der Waals surface area (Å²) in [5.74, 6) is -0.222. The van der Waals surface area contributed by atoms with Crippen LogP contribution in [-0.4, -0.2) is 18.4 Å². The Hall–Kier alpha value is -3.91. The lowest BCUT2D eigenvalue weighted by molar-refractivity contribution is -0.116. The first kappa shape index (κ1) is 18.5. The molecule has 3 aromatic rings. The summed E-state index contributed by atoms with van der Waals surface area (Å²) < 4.78 is 0. The number of rotatable bonds is 3. The highest BCUT2D eigenvalue weighted by atomic mass is 16.2. The zero-order valence-corrected chi connectivity index (χ0v) is 16.0. The molecule has 2 amide bonds. The van der Waals surface area contributed by atoms with Crippen LogP contribution < -0.4 is 10.2 Å². The summed E-state index contributed by atoms with van der Waals surface area (Å²) in [6.07, 6.45) is 0.769. The minimum atomic E-state index is -0.241. The van der Waals surface area contributed by atoms with E-state index in [-0.39, 0.29) is 11.8 Å². The largest absolute Gasteiger partial charge is 0.322 e. The molecule has 0 unspecified atom stereocenters. The molecule has 5 heteroatoms. The van der Waals surface area contributed by atoms with Crippen LogP contribution in [0.5, 0.6) is 0 Å². The van der Waals surface area contributed by atoms with Crippen molar-refractivity contribution >= 4 is 23.2 Å². The summed E-state index contributed by atoms with van der Waals surface area (Å²) in [6.45, 7) is 2.22. The number of amides is 2. The first-order valence-corrected chi connectivity index (χ1v) is 9.39. The fourth-order valence-corrected chi connectivity index (χ4v) is 3.74. The minimum Gasteiger partial charge on any atom is -0.322 e. The highest BCUT2D eigenvalue weighted by Crippen LogP contribution is 2.31. The summed E-state index contributed by atoms with van der Waals surface area (Å²) in [4.78, 5) is 26.5. The lowest BCUT2D eigenvalue weighted by Gasteiger charge is -2.15. The fraction of sp³-hybridized carbons (Fsp3) is 0.125. The fourth-order valence-electron chi connectivity index (χ4n) is 3.74. The molecule has 0 saturated heterocycles. The number of carbonyl (C=O) groups excluding carboxylic acids is 2. The Balaban J connectivity index is 1.64. The number of hydrogen-bond donors (Lipinski definition) is 1. The van der Waals surface area contributed by atoms with Crippen LogP contribution in [0.15, 0.2) is 66.7 Å². The molecule has 1 aliphatic rings. The van der Waals surface area contributed by atoms with Crippen molar-refractivity contribution in [1.29, 1.82) is 5.26 Å². The molecule has 0 spiro atoms. The van der Waals surface area contributed by atoms with Gasteiger partial charge in [0.05, 0.1) is 11.6 Å². The van der Waals surface area contributed by atoms with E-state index in [0.717, 1.165) is 23.2 Å². The van der Waals surface area contributed by atoms with Gasteiger partial charge in [-0.15, -0.1) is 0 Å². The van der Waals surface area contributed by atoms with Crippen molar-refractivity contribution in [1.82, 2.24) is 0 Å². The Morgan fingerprint density at radius 3 is 2.48 bits per heavy atom.